The Morgan fingerprint density at radius 2 is 1.64 bits per heavy atom. The summed E-state index contributed by atoms with van der Waals surface area (Å²) in [5.41, 5.74) is 3.17. The van der Waals surface area contributed by atoms with Crippen LogP contribution in [0.5, 0.6) is 0 Å². The van der Waals surface area contributed by atoms with Crippen LogP contribution in [0, 0.1) is 0 Å². The molecule has 2 aromatic carbocycles. The van der Waals surface area contributed by atoms with Crippen LogP contribution in [0.15, 0.2) is 48.7 Å². The van der Waals surface area contributed by atoms with E-state index in [0.29, 0.717) is 10.0 Å². The highest BCUT2D eigenvalue weighted by atomic mass is 35.5. The molecule has 0 unspecified atom stereocenters. The molecular formula is C19H17Cl2N. The lowest BCUT2D eigenvalue weighted by molar-refractivity contribution is 0.572. The molecule has 0 bridgehead atoms. The molecule has 0 saturated heterocycles. The maximum Gasteiger partial charge on any atom is 0.0598 e. The van der Waals surface area contributed by atoms with Crippen molar-refractivity contribution < 1.29 is 0 Å². The third-order valence-electron chi connectivity index (χ3n) is 3.72. The topological polar surface area (TPSA) is 12.9 Å². The molecule has 3 heteroatoms. The van der Waals surface area contributed by atoms with Crippen LogP contribution in [-0.2, 0) is 5.41 Å². The molecule has 1 nitrogen and oxygen atoms in total. The van der Waals surface area contributed by atoms with Gasteiger partial charge < -0.3 is 0 Å². The maximum atomic E-state index is 6.23. The van der Waals surface area contributed by atoms with Gasteiger partial charge in [-0.05, 0) is 23.1 Å². The molecule has 0 amide bonds. The number of hydrogen-bond acceptors (Lipinski definition) is 1. The molecule has 0 aliphatic rings. The Hall–Kier alpha value is -1.57. The van der Waals surface area contributed by atoms with Gasteiger partial charge in [0.15, 0.2) is 0 Å². The van der Waals surface area contributed by atoms with E-state index in [2.05, 4.69) is 39.0 Å². The zero-order valence-corrected chi connectivity index (χ0v) is 14.3. The highest BCUT2D eigenvalue weighted by molar-refractivity contribution is 6.42. The van der Waals surface area contributed by atoms with Crippen LogP contribution >= 0.6 is 23.2 Å². The highest BCUT2D eigenvalue weighted by Gasteiger charge is 2.22. The zero-order chi connectivity index (χ0) is 15.9. The van der Waals surface area contributed by atoms with Crippen molar-refractivity contribution in [1.29, 1.82) is 0 Å². The second-order valence-corrected chi connectivity index (χ2v) is 7.26. The molecular weight excluding hydrogens is 313 g/mol. The fourth-order valence-electron chi connectivity index (χ4n) is 2.68. The summed E-state index contributed by atoms with van der Waals surface area (Å²) in [5.74, 6) is 0. The smallest absolute Gasteiger partial charge is 0.0598 e. The third kappa shape index (κ3) is 2.71. The summed E-state index contributed by atoms with van der Waals surface area (Å²) in [5, 5.41) is 3.43. The zero-order valence-electron chi connectivity index (χ0n) is 12.8. The van der Waals surface area contributed by atoms with Gasteiger partial charge in [-0.15, -0.1) is 0 Å². The van der Waals surface area contributed by atoms with Gasteiger partial charge >= 0.3 is 0 Å². The maximum absolute atomic E-state index is 6.23. The minimum atomic E-state index is -0.0640. The predicted molar refractivity (Wildman–Crippen MR) is 95.9 cm³/mol. The first-order chi connectivity index (χ1) is 10.4. The number of halogens is 2. The van der Waals surface area contributed by atoms with Gasteiger partial charge in [0.25, 0.3) is 0 Å². The minimum Gasteiger partial charge on any atom is -0.259 e. The summed E-state index contributed by atoms with van der Waals surface area (Å²) in [4.78, 5) is 4.73. The third-order valence-corrected chi connectivity index (χ3v) is 4.46. The molecule has 1 aromatic heterocycles. The van der Waals surface area contributed by atoms with Crippen molar-refractivity contribution in [3.05, 3.63) is 64.4 Å². The van der Waals surface area contributed by atoms with E-state index in [1.54, 1.807) is 0 Å². The molecule has 22 heavy (non-hydrogen) atoms. The van der Waals surface area contributed by atoms with E-state index in [1.807, 2.05) is 30.5 Å². The Labute approximate surface area is 140 Å². The van der Waals surface area contributed by atoms with Crippen molar-refractivity contribution in [2.45, 2.75) is 26.2 Å². The molecule has 0 aliphatic heterocycles. The quantitative estimate of drug-likeness (QED) is 0.496. The van der Waals surface area contributed by atoms with Crippen LogP contribution in [0.3, 0.4) is 0 Å². The Morgan fingerprint density at radius 1 is 0.909 bits per heavy atom. The largest absolute Gasteiger partial charge is 0.259 e. The average Bonchev–Trinajstić information content (AvgIpc) is 2.48. The molecule has 112 valence electrons. The molecule has 0 N–H and O–H groups in total. The minimum absolute atomic E-state index is 0.0640. The first-order valence-electron chi connectivity index (χ1n) is 7.21. The number of pyridine rings is 1. The number of aromatic nitrogens is 1. The van der Waals surface area contributed by atoms with Gasteiger partial charge in [-0.2, -0.15) is 0 Å². The van der Waals surface area contributed by atoms with Gasteiger partial charge in [0.2, 0.25) is 0 Å². The molecule has 0 radical (unpaired) electrons. The molecule has 3 rings (SSSR count). The highest BCUT2D eigenvalue weighted by Crippen LogP contribution is 2.38. The van der Waals surface area contributed by atoms with Gasteiger partial charge in [0, 0.05) is 22.6 Å². The van der Waals surface area contributed by atoms with Crippen LogP contribution < -0.4 is 0 Å². The molecule has 1 heterocycles. The number of rotatable bonds is 1. The average molecular weight is 330 g/mol. The summed E-state index contributed by atoms with van der Waals surface area (Å²) < 4.78 is 0. The summed E-state index contributed by atoms with van der Waals surface area (Å²) in [6.45, 7) is 6.52. The number of nitrogens with zero attached hydrogens (tertiary/aromatic N) is 1. The van der Waals surface area contributed by atoms with E-state index in [1.165, 1.54) is 5.39 Å². The normalized spacial score (nSPS) is 11.9. The molecule has 0 saturated carbocycles. The van der Waals surface area contributed by atoms with Crippen molar-refractivity contribution in [2.75, 3.05) is 0 Å². The van der Waals surface area contributed by atoms with E-state index in [4.69, 9.17) is 28.2 Å². The molecule has 0 fully saturated rings. The lowest BCUT2D eigenvalue weighted by Crippen LogP contribution is -2.15. The Bertz CT molecular complexity index is 848. The van der Waals surface area contributed by atoms with Crippen LogP contribution in [0.25, 0.3) is 21.9 Å². The first kappa shape index (κ1) is 15.3. The SMILES string of the molecule is CC(C)(C)c1ncc2ccccc2c1-c1ccc(Cl)c(Cl)c1. The van der Waals surface area contributed by atoms with Gasteiger partial charge in [0.1, 0.15) is 0 Å². The fraction of sp³-hybridized carbons (Fsp3) is 0.211. The van der Waals surface area contributed by atoms with Crippen LogP contribution in [0.2, 0.25) is 10.0 Å². The number of fused-ring (bicyclic) bond motifs is 1. The van der Waals surface area contributed by atoms with Crippen molar-refractivity contribution in [3.8, 4) is 11.1 Å². The van der Waals surface area contributed by atoms with Crippen molar-refractivity contribution >= 4 is 34.0 Å². The van der Waals surface area contributed by atoms with Crippen LogP contribution in [-0.4, -0.2) is 4.98 Å². The number of benzene rings is 2. The molecule has 0 aliphatic carbocycles. The summed E-state index contributed by atoms with van der Waals surface area (Å²) in [6.07, 6.45) is 1.94. The van der Waals surface area contributed by atoms with E-state index < -0.39 is 0 Å². The van der Waals surface area contributed by atoms with E-state index in [-0.39, 0.29) is 5.41 Å². The monoisotopic (exact) mass is 329 g/mol. The van der Waals surface area contributed by atoms with Gasteiger partial charge in [-0.1, -0.05) is 74.3 Å². The van der Waals surface area contributed by atoms with E-state index in [9.17, 15) is 0 Å². The van der Waals surface area contributed by atoms with Gasteiger partial charge in [-0.3, -0.25) is 4.98 Å². The van der Waals surface area contributed by atoms with Crippen molar-refractivity contribution in [2.24, 2.45) is 0 Å². The van der Waals surface area contributed by atoms with Crippen LogP contribution in [0.4, 0.5) is 0 Å². The second-order valence-electron chi connectivity index (χ2n) is 6.45. The Balaban J connectivity index is 2.40. The lowest BCUT2D eigenvalue weighted by Gasteiger charge is -2.23. The predicted octanol–water partition coefficient (Wildman–Crippen LogP) is 6.51. The summed E-state index contributed by atoms with van der Waals surface area (Å²) >= 11 is 12.3. The van der Waals surface area contributed by atoms with Crippen molar-refractivity contribution in [3.63, 3.8) is 0 Å². The lowest BCUT2D eigenvalue weighted by atomic mass is 9.84. The molecule has 0 atom stereocenters. The standard InChI is InChI=1S/C19H17Cl2N/c1-19(2,3)18-17(12-8-9-15(20)16(21)10-12)14-7-5-4-6-13(14)11-22-18/h4-11H,1-3H3. The summed E-state index contributed by atoms with van der Waals surface area (Å²) in [7, 11) is 0. The molecule has 3 aromatic rings. The van der Waals surface area contributed by atoms with Gasteiger partial charge in [-0.25, -0.2) is 0 Å². The van der Waals surface area contributed by atoms with Crippen LogP contribution in [0.1, 0.15) is 26.5 Å². The summed E-state index contributed by atoms with van der Waals surface area (Å²) in [6, 6.07) is 14.1. The van der Waals surface area contributed by atoms with E-state index in [0.717, 1.165) is 22.2 Å². The first-order valence-corrected chi connectivity index (χ1v) is 7.97. The van der Waals surface area contributed by atoms with Gasteiger partial charge in [0.05, 0.1) is 15.7 Å². The van der Waals surface area contributed by atoms with Crippen molar-refractivity contribution in [1.82, 2.24) is 4.98 Å². The number of hydrogen-bond donors (Lipinski definition) is 0. The Morgan fingerprint density at radius 3 is 2.32 bits per heavy atom. The Kier molecular flexibility index (Phi) is 3.88. The molecule has 0 spiro atoms. The second kappa shape index (κ2) is 5.57. The van der Waals surface area contributed by atoms with E-state index >= 15 is 0 Å². The fourth-order valence-corrected chi connectivity index (χ4v) is 2.97.